The first-order valence-electron chi connectivity index (χ1n) is 6.53. The number of aromatic nitrogens is 1. The summed E-state index contributed by atoms with van der Waals surface area (Å²) < 4.78 is 0. The summed E-state index contributed by atoms with van der Waals surface area (Å²) in [6, 6.07) is 6.16. The fourth-order valence-electron chi connectivity index (χ4n) is 2.48. The van der Waals surface area contributed by atoms with E-state index in [0.29, 0.717) is 11.3 Å². The largest absolute Gasteiger partial charge is 0.311 e. The first-order chi connectivity index (χ1) is 8.25. The van der Waals surface area contributed by atoms with E-state index in [2.05, 4.69) is 22.4 Å². The van der Waals surface area contributed by atoms with Gasteiger partial charge in [-0.1, -0.05) is 18.9 Å². The van der Waals surface area contributed by atoms with Crippen molar-refractivity contribution in [2.75, 3.05) is 6.54 Å². The van der Waals surface area contributed by atoms with Gasteiger partial charge in [-0.15, -0.1) is 11.6 Å². The lowest BCUT2D eigenvalue weighted by Crippen LogP contribution is -2.31. The molecule has 0 spiro atoms. The van der Waals surface area contributed by atoms with Gasteiger partial charge in [0, 0.05) is 17.6 Å². The van der Waals surface area contributed by atoms with Crippen LogP contribution in [0.1, 0.15) is 37.1 Å². The highest BCUT2D eigenvalue weighted by atomic mass is 35.5. The number of hydrogen-bond donors (Lipinski definition) is 1. The Balaban J connectivity index is 1.75. The van der Waals surface area contributed by atoms with Gasteiger partial charge in [0.15, 0.2) is 0 Å². The van der Waals surface area contributed by atoms with Gasteiger partial charge in [0.1, 0.15) is 0 Å². The van der Waals surface area contributed by atoms with E-state index in [-0.39, 0.29) is 0 Å². The monoisotopic (exact) mass is 252 g/mol. The quantitative estimate of drug-likeness (QED) is 0.832. The molecule has 17 heavy (non-hydrogen) atoms. The Labute approximate surface area is 109 Å². The molecule has 1 N–H and O–H groups in total. The Hall–Kier alpha value is -0.600. The van der Waals surface area contributed by atoms with Gasteiger partial charge in [0.05, 0.1) is 5.69 Å². The lowest BCUT2D eigenvalue weighted by molar-refractivity contribution is 0.348. The molecule has 2 atom stereocenters. The molecule has 1 aliphatic rings. The summed E-state index contributed by atoms with van der Waals surface area (Å²) in [6.07, 6.45) is 5.07. The molecule has 1 fully saturated rings. The Kier molecular flexibility index (Phi) is 4.81. The van der Waals surface area contributed by atoms with E-state index >= 15 is 0 Å². The number of hydrogen-bond acceptors (Lipinski definition) is 2. The van der Waals surface area contributed by atoms with Crippen molar-refractivity contribution in [2.45, 2.75) is 44.5 Å². The predicted molar refractivity (Wildman–Crippen MR) is 72.3 cm³/mol. The molecule has 0 aliphatic heterocycles. The standard InChI is InChI=1S/C14H21ClN2/c1-11-5-4-7-13(17-11)10-16-9-12-6-2-3-8-14(12)15/h4-5,7,12,14,16H,2-3,6,8-10H2,1H3. The summed E-state index contributed by atoms with van der Waals surface area (Å²) in [5.74, 6) is 0.634. The van der Waals surface area contributed by atoms with Crippen molar-refractivity contribution in [2.24, 2.45) is 5.92 Å². The zero-order chi connectivity index (χ0) is 12.1. The minimum atomic E-state index is 0.363. The average Bonchev–Trinajstić information content (AvgIpc) is 2.32. The van der Waals surface area contributed by atoms with Crippen molar-refractivity contribution in [3.8, 4) is 0 Å². The van der Waals surface area contributed by atoms with E-state index in [9.17, 15) is 0 Å². The molecule has 1 saturated carbocycles. The number of aryl methyl sites for hydroxylation is 1. The van der Waals surface area contributed by atoms with Crippen LogP contribution in [0.15, 0.2) is 18.2 Å². The molecule has 2 nitrogen and oxygen atoms in total. The van der Waals surface area contributed by atoms with Crippen molar-refractivity contribution in [3.63, 3.8) is 0 Å². The highest BCUT2D eigenvalue weighted by molar-refractivity contribution is 6.20. The van der Waals surface area contributed by atoms with Crippen molar-refractivity contribution in [1.82, 2.24) is 10.3 Å². The summed E-state index contributed by atoms with van der Waals surface area (Å²) in [4.78, 5) is 4.48. The molecule has 0 saturated heterocycles. The third-order valence-electron chi connectivity index (χ3n) is 3.47. The summed E-state index contributed by atoms with van der Waals surface area (Å²) in [5, 5.41) is 3.84. The fourth-order valence-corrected chi connectivity index (χ4v) is 2.85. The highest BCUT2D eigenvalue weighted by Crippen LogP contribution is 2.27. The summed E-state index contributed by atoms with van der Waals surface area (Å²) >= 11 is 6.33. The smallest absolute Gasteiger partial charge is 0.0544 e. The minimum absolute atomic E-state index is 0.363. The van der Waals surface area contributed by atoms with Crippen LogP contribution in [-0.4, -0.2) is 16.9 Å². The third-order valence-corrected chi connectivity index (χ3v) is 4.05. The SMILES string of the molecule is Cc1cccc(CNCC2CCCCC2Cl)n1. The number of nitrogens with one attached hydrogen (secondary N) is 1. The fraction of sp³-hybridized carbons (Fsp3) is 0.643. The molecule has 0 aromatic carbocycles. The maximum Gasteiger partial charge on any atom is 0.0544 e. The second kappa shape index (κ2) is 6.36. The first kappa shape index (κ1) is 12.8. The summed E-state index contributed by atoms with van der Waals surface area (Å²) in [7, 11) is 0. The van der Waals surface area contributed by atoms with Gasteiger partial charge < -0.3 is 5.32 Å². The maximum atomic E-state index is 6.33. The second-order valence-electron chi connectivity index (χ2n) is 4.96. The Morgan fingerprint density at radius 2 is 2.18 bits per heavy atom. The molecule has 2 unspecified atom stereocenters. The lowest BCUT2D eigenvalue weighted by Gasteiger charge is -2.27. The first-order valence-corrected chi connectivity index (χ1v) is 6.96. The van der Waals surface area contributed by atoms with Crippen LogP contribution in [0.4, 0.5) is 0 Å². The summed E-state index contributed by atoms with van der Waals surface area (Å²) in [6.45, 7) is 3.89. The molecule has 2 rings (SSSR count). The van der Waals surface area contributed by atoms with Crippen LogP contribution in [0.3, 0.4) is 0 Å². The number of halogens is 1. The topological polar surface area (TPSA) is 24.9 Å². The molecule has 0 radical (unpaired) electrons. The molecule has 3 heteroatoms. The molecule has 1 aromatic rings. The number of rotatable bonds is 4. The van der Waals surface area contributed by atoms with Crippen LogP contribution in [0.2, 0.25) is 0 Å². The van der Waals surface area contributed by atoms with Gasteiger partial charge in [-0.25, -0.2) is 0 Å². The van der Waals surface area contributed by atoms with Crippen LogP contribution in [-0.2, 0) is 6.54 Å². The number of pyridine rings is 1. The lowest BCUT2D eigenvalue weighted by atomic mass is 9.89. The molecular formula is C14H21ClN2. The Morgan fingerprint density at radius 1 is 1.35 bits per heavy atom. The average molecular weight is 253 g/mol. The van der Waals surface area contributed by atoms with Gasteiger partial charge >= 0.3 is 0 Å². The predicted octanol–water partition coefficient (Wildman–Crippen LogP) is 3.28. The van der Waals surface area contributed by atoms with Crippen LogP contribution in [0.25, 0.3) is 0 Å². The molecule has 1 heterocycles. The van der Waals surface area contributed by atoms with Gasteiger partial charge in [-0.05, 0) is 44.4 Å². The van der Waals surface area contributed by atoms with E-state index in [4.69, 9.17) is 11.6 Å². The number of alkyl halides is 1. The summed E-state index contributed by atoms with van der Waals surface area (Å²) in [5.41, 5.74) is 2.20. The van der Waals surface area contributed by atoms with E-state index in [1.165, 1.54) is 25.7 Å². The van der Waals surface area contributed by atoms with Crippen LogP contribution >= 0.6 is 11.6 Å². The van der Waals surface area contributed by atoms with Gasteiger partial charge in [-0.3, -0.25) is 4.98 Å². The Morgan fingerprint density at radius 3 is 2.94 bits per heavy atom. The minimum Gasteiger partial charge on any atom is -0.311 e. The maximum absolute atomic E-state index is 6.33. The van der Waals surface area contributed by atoms with E-state index in [0.717, 1.165) is 24.5 Å². The zero-order valence-electron chi connectivity index (χ0n) is 10.5. The van der Waals surface area contributed by atoms with E-state index in [1.807, 2.05) is 13.0 Å². The van der Waals surface area contributed by atoms with Crippen LogP contribution in [0, 0.1) is 12.8 Å². The second-order valence-corrected chi connectivity index (χ2v) is 5.52. The van der Waals surface area contributed by atoms with E-state index < -0.39 is 0 Å². The van der Waals surface area contributed by atoms with Crippen LogP contribution in [0.5, 0.6) is 0 Å². The molecule has 1 aromatic heterocycles. The zero-order valence-corrected chi connectivity index (χ0v) is 11.2. The van der Waals surface area contributed by atoms with Gasteiger partial charge in [0.25, 0.3) is 0 Å². The van der Waals surface area contributed by atoms with Crippen molar-refractivity contribution in [1.29, 1.82) is 0 Å². The molecule has 1 aliphatic carbocycles. The molecule has 0 bridgehead atoms. The third kappa shape index (κ3) is 3.97. The van der Waals surface area contributed by atoms with Crippen molar-refractivity contribution >= 4 is 11.6 Å². The van der Waals surface area contributed by atoms with Gasteiger partial charge in [0.2, 0.25) is 0 Å². The number of nitrogens with zero attached hydrogens (tertiary/aromatic N) is 1. The molecule has 94 valence electrons. The normalized spacial score (nSPS) is 24.8. The highest BCUT2D eigenvalue weighted by Gasteiger charge is 2.22. The van der Waals surface area contributed by atoms with E-state index in [1.54, 1.807) is 0 Å². The van der Waals surface area contributed by atoms with Crippen molar-refractivity contribution in [3.05, 3.63) is 29.6 Å². The molecule has 0 amide bonds. The Bertz CT molecular complexity index is 354. The van der Waals surface area contributed by atoms with Gasteiger partial charge in [-0.2, -0.15) is 0 Å². The van der Waals surface area contributed by atoms with Crippen molar-refractivity contribution < 1.29 is 0 Å². The molecular weight excluding hydrogens is 232 g/mol. The van der Waals surface area contributed by atoms with Crippen LogP contribution < -0.4 is 5.32 Å².